The number of esters is 1. The number of ether oxygens (including phenoxy) is 1. The van der Waals surface area contributed by atoms with Crippen molar-refractivity contribution < 1.29 is 23.9 Å². The fraction of sp³-hybridized carbons (Fsp3) is 0.154. The molecule has 1 N–H and O–H groups in total. The molecule has 2 atom stereocenters. The number of carbonyl (C=O) groups is 4. The number of hydrogen-bond donors (Lipinski definition) is 1. The summed E-state index contributed by atoms with van der Waals surface area (Å²) >= 11 is 15.5. The summed E-state index contributed by atoms with van der Waals surface area (Å²) in [7, 11) is 0. The van der Waals surface area contributed by atoms with Crippen LogP contribution in [0.3, 0.4) is 0 Å². The Hall–Kier alpha value is -3.00. The quantitative estimate of drug-likeness (QED) is 0.162. The van der Waals surface area contributed by atoms with E-state index in [1.165, 1.54) is 24.3 Å². The van der Waals surface area contributed by atoms with Gasteiger partial charge in [0.2, 0.25) is 5.78 Å². The summed E-state index contributed by atoms with van der Waals surface area (Å²) in [5.41, 5.74) is 2.55. The molecule has 0 spiro atoms. The molecule has 0 aromatic heterocycles. The van der Waals surface area contributed by atoms with Gasteiger partial charge in [0.15, 0.2) is 5.78 Å². The Morgan fingerprint density at radius 2 is 1.63 bits per heavy atom. The lowest BCUT2D eigenvalue weighted by Crippen LogP contribution is -2.38. The second-order valence-electron chi connectivity index (χ2n) is 8.12. The fourth-order valence-electron chi connectivity index (χ4n) is 4.07. The van der Waals surface area contributed by atoms with Crippen molar-refractivity contribution in [2.45, 2.75) is 20.0 Å². The van der Waals surface area contributed by atoms with Gasteiger partial charge in [0.25, 0.3) is 5.91 Å². The van der Waals surface area contributed by atoms with Crippen LogP contribution in [-0.2, 0) is 14.3 Å². The predicted molar refractivity (Wildman–Crippen MR) is 136 cm³/mol. The average Bonchev–Trinajstić information content (AvgIpc) is 3.14. The van der Waals surface area contributed by atoms with E-state index >= 15 is 0 Å². The smallest absolute Gasteiger partial charge is 0.339 e. The first-order chi connectivity index (χ1) is 16.6. The number of carbonyl (C=O) groups excluding carboxylic acids is 4. The highest BCUT2D eigenvalue weighted by molar-refractivity contribution is 9.10. The summed E-state index contributed by atoms with van der Waals surface area (Å²) in [5, 5.41) is 2.96. The van der Waals surface area contributed by atoms with Crippen LogP contribution in [0.2, 0.25) is 10.0 Å². The fourth-order valence-corrected chi connectivity index (χ4v) is 5.05. The zero-order valence-corrected chi connectivity index (χ0v) is 21.6. The number of nitrogens with one attached hydrogen (secondary N) is 1. The molecule has 3 aromatic carbocycles. The van der Waals surface area contributed by atoms with Crippen molar-refractivity contribution in [2.24, 2.45) is 5.92 Å². The number of halogens is 3. The Balaban J connectivity index is 1.75. The minimum atomic E-state index is -1.63. The van der Waals surface area contributed by atoms with Crippen LogP contribution in [0.25, 0.3) is 0 Å². The lowest BCUT2D eigenvalue weighted by atomic mass is 9.84. The van der Waals surface area contributed by atoms with Crippen LogP contribution in [0.5, 0.6) is 0 Å². The molecule has 0 aliphatic carbocycles. The first-order valence-electron chi connectivity index (χ1n) is 10.5. The van der Waals surface area contributed by atoms with E-state index in [4.69, 9.17) is 27.9 Å². The Morgan fingerprint density at radius 3 is 2.29 bits per heavy atom. The normalized spacial score (nSPS) is 15.2. The van der Waals surface area contributed by atoms with Gasteiger partial charge in [-0.1, -0.05) is 57.3 Å². The molecule has 0 radical (unpaired) electrons. The largest absolute Gasteiger partial charge is 0.453 e. The summed E-state index contributed by atoms with van der Waals surface area (Å²) < 4.78 is 6.27. The molecule has 1 aliphatic rings. The van der Waals surface area contributed by atoms with E-state index in [-0.39, 0.29) is 21.2 Å². The Bertz CT molecular complexity index is 1380. The molecule has 35 heavy (non-hydrogen) atoms. The van der Waals surface area contributed by atoms with Gasteiger partial charge in [-0.25, -0.2) is 4.79 Å². The first kappa shape index (κ1) is 25.1. The number of ketones is 2. The molecule has 0 saturated carbocycles. The molecule has 1 amide bonds. The molecule has 4 rings (SSSR count). The maximum atomic E-state index is 13.6. The molecular formula is C26H18BrCl2NO5. The molecule has 2 unspecified atom stereocenters. The van der Waals surface area contributed by atoms with Crippen LogP contribution < -0.4 is 5.32 Å². The number of benzene rings is 3. The highest BCUT2D eigenvalue weighted by Crippen LogP contribution is 2.39. The molecule has 1 aliphatic heterocycles. The van der Waals surface area contributed by atoms with Crippen molar-refractivity contribution in [1.29, 1.82) is 0 Å². The number of hydrogen-bond acceptors (Lipinski definition) is 5. The minimum Gasteiger partial charge on any atom is -0.453 e. The van der Waals surface area contributed by atoms with Crippen LogP contribution in [0, 0.1) is 19.8 Å². The second kappa shape index (κ2) is 9.93. The van der Waals surface area contributed by atoms with E-state index < -0.39 is 35.5 Å². The van der Waals surface area contributed by atoms with Crippen molar-refractivity contribution in [1.82, 2.24) is 0 Å². The van der Waals surface area contributed by atoms with Crippen molar-refractivity contribution >= 4 is 68.3 Å². The molecule has 0 bridgehead atoms. The summed E-state index contributed by atoms with van der Waals surface area (Å²) in [6, 6.07) is 14.2. The monoisotopic (exact) mass is 573 g/mol. The molecule has 3 aromatic rings. The number of aryl methyl sites for hydroxylation is 2. The van der Waals surface area contributed by atoms with Gasteiger partial charge in [0.1, 0.15) is 12.0 Å². The van der Waals surface area contributed by atoms with E-state index in [9.17, 15) is 19.2 Å². The molecule has 0 fully saturated rings. The van der Waals surface area contributed by atoms with Crippen LogP contribution >= 0.6 is 39.1 Å². The van der Waals surface area contributed by atoms with Gasteiger partial charge in [0.05, 0.1) is 15.6 Å². The summed E-state index contributed by atoms with van der Waals surface area (Å²) in [6.07, 6.45) is -1.27. The highest BCUT2D eigenvalue weighted by Gasteiger charge is 2.46. The Kier molecular flexibility index (Phi) is 7.12. The number of Topliss-reactive ketones (excluding diaryl/α,β-unsaturated/α-hetero) is 2. The molecule has 9 heteroatoms. The van der Waals surface area contributed by atoms with E-state index in [2.05, 4.69) is 21.2 Å². The van der Waals surface area contributed by atoms with Gasteiger partial charge >= 0.3 is 5.97 Å². The van der Waals surface area contributed by atoms with Crippen molar-refractivity contribution in [3.8, 4) is 0 Å². The highest BCUT2D eigenvalue weighted by atomic mass is 79.9. The van der Waals surface area contributed by atoms with Gasteiger partial charge in [-0.15, -0.1) is 0 Å². The third-order valence-corrected chi connectivity index (χ3v) is 6.95. The van der Waals surface area contributed by atoms with Crippen molar-refractivity contribution in [3.05, 3.63) is 96.9 Å². The lowest BCUT2D eigenvalue weighted by Gasteiger charge is -2.21. The Morgan fingerprint density at radius 1 is 0.971 bits per heavy atom. The summed E-state index contributed by atoms with van der Waals surface area (Å²) in [5.74, 6) is -5.07. The number of amides is 1. The van der Waals surface area contributed by atoms with Gasteiger partial charge < -0.3 is 10.1 Å². The van der Waals surface area contributed by atoms with E-state index in [0.29, 0.717) is 11.3 Å². The SMILES string of the molecule is Cc1cc(Br)cc(C)c1NC(=O)C(=O)C(C(=O)c1ccc(Cl)c(Cl)c1)C1OC(=O)c2ccccc21. The first-order valence-corrected chi connectivity index (χ1v) is 12.0. The standard InChI is InChI=1S/C26H18BrCl2NO5/c1-12-9-15(27)10-13(2)21(12)30-25(33)23(32)20(22(31)14-7-8-18(28)19(29)11-14)24-16-5-3-4-6-17(16)26(34)35-24/h3-11,20,24H,1-2H3,(H,30,33). The maximum Gasteiger partial charge on any atom is 0.339 e. The van der Waals surface area contributed by atoms with Gasteiger partial charge in [0, 0.05) is 21.3 Å². The third-order valence-electron chi connectivity index (χ3n) is 5.75. The molecular weight excluding hydrogens is 557 g/mol. The van der Waals surface area contributed by atoms with Gasteiger partial charge in [-0.05, 0) is 61.4 Å². The third kappa shape index (κ3) is 4.89. The number of rotatable bonds is 6. The molecule has 178 valence electrons. The van der Waals surface area contributed by atoms with Gasteiger partial charge in [-0.2, -0.15) is 0 Å². The molecule has 6 nitrogen and oxygen atoms in total. The topological polar surface area (TPSA) is 89.5 Å². The average molecular weight is 575 g/mol. The molecule has 1 heterocycles. The van der Waals surface area contributed by atoms with E-state index in [1.807, 2.05) is 0 Å². The summed E-state index contributed by atoms with van der Waals surface area (Å²) in [4.78, 5) is 52.7. The number of fused-ring (bicyclic) bond motifs is 1. The maximum absolute atomic E-state index is 13.6. The summed E-state index contributed by atoms with van der Waals surface area (Å²) in [6.45, 7) is 3.57. The predicted octanol–water partition coefficient (Wildman–Crippen LogP) is 6.29. The lowest BCUT2D eigenvalue weighted by molar-refractivity contribution is -0.138. The van der Waals surface area contributed by atoms with Crippen LogP contribution in [0.15, 0.2) is 59.1 Å². The number of cyclic esters (lactones) is 1. The van der Waals surface area contributed by atoms with E-state index in [1.54, 1.807) is 44.2 Å². The zero-order chi connectivity index (χ0) is 25.4. The van der Waals surface area contributed by atoms with Gasteiger partial charge in [-0.3, -0.25) is 14.4 Å². The van der Waals surface area contributed by atoms with Crippen molar-refractivity contribution in [2.75, 3.05) is 5.32 Å². The molecule has 0 saturated heterocycles. The number of anilines is 1. The van der Waals surface area contributed by atoms with Crippen molar-refractivity contribution in [3.63, 3.8) is 0 Å². The second-order valence-corrected chi connectivity index (χ2v) is 9.85. The van der Waals surface area contributed by atoms with Crippen LogP contribution in [0.4, 0.5) is 5.69 Å². The van der Waals surface area contributed by atoms with E-state index in [0.717, 1.165) is 15.6 Å². The van der Waals surface area contributed by atoms with Crippen LogP contribution in [0.1, 0.15) is 43.5 Å². The minimum absolute atomic E-state index is 0.0574. The Labute approximate surface area is 219 Å². The van der Waals surface area contributed by atoms with Crippen LogP contribution in [-0.4, -0.2) is 23.4 Å². The zero-order valence-electron chi connectivity index (χ0n) is 18.5.